The van der Waals surface area contributed by atoms with Gasteiger partial charge in [-0.05, 0) is 54.6 Å². The van der Waals surface area contributed by atoms with Gasteiger partial charge in [0.05, 0.1) is 10.7 Å². The average molecular weight is 455 g/mol. The van der Waals surface area contributed by atoms with Crippen LogP contribution in [-0.4, -0.2) is 16.0 Å². The zero-order valence-electron chi connectivity index (χ0n) is 17.0. The number of nitrogens with zero attached hydrogens (tertiary/aromatic N) is 2. The lowest BCUT2D eigenvalue weighted by Crippen LogP contribution is -2.23. The van der Waals surface area contributed by atoms with Gasteiger partial charge in [-0.1, -0.05) is 61.2 Å². The van der Waals surface area contributed by atoms with Crippen LogP contribution in [0, 0.1) is 5.82 Å². The Morgan fingerprint density at radius 1 is 0.968 bits per heavy atom. The molecule has 1 aromatic heterocycles. The average Bonchev–Trinajstić information content (AvgIpc) is 2.80. The van der Waals surface area contributed by atoms with Crippen molar-refractivity contribution in [2.45, 2.75) is 43.0 Å². The molecule has 1 aliphatic carbocycles. The molecule has 160 valence electrons. The second-order valence-electron chi connectivity index (χ2n) is 7.53. The Hall–Kier alpha value is -2.57. The molecule has 0 spiro atoms. The molecule has 0 bridgehead atoms. The van der Waals surface area contributed by atoms with Crippen LogP contribution < -0.4 is 10.0 Å². The molecule has 0 atom stereocenters. The van der Waals surface area contributed by atoms with E-state index in [9.17, 15) is 4.39 Å². The van der Waals surface area contributed by atoms with Crippen LogP contribution in [0.5, 0.6) is 0 Å². The summed E-state index contributed by atoms with van der Waals surface area (Å²) in [5.74, 6) is 0.339. The topological polar surface area (TPSA) is 49.8 Å². The molecule has 1 fully saturated rings. The van der Waals surface area contributed by atoms with Crippen LogP contribution in [0.25, 0.3) is 12.2 Å². The van der Waals surface area contributed by atoms with E-state index in [-0.39, 0.29) is 5.82 Å². The summed E-state index contributed by atoms with van der Waals surface area (Å²) in [5.41, 5.74) is 2.03. The van der Waals surface area contributed by atoms with Crippen LogP contribution in [0.1, 0.15) is 43.2 Å². The van der Waals surface area contributed by atoms with Crippen molar-refractivity contribution in [3.63, 3.8) is 0 Å². The normalized spacial score (nSPS) is 14.6. The fourth-order valence-corrected chi connectivity index (χ4v) is 4.42. The minimum Gasteiger partial charge on any atom is -0.351 e. The third-order valence-corrected chi connectivity index (χ3v) is 6.52. The summed E-state index contributed by atoms with van der Waals surface area (Å²) >= 11 is 7.42. The maximum Gasteiger partial charge on any atom is 0.222 e. The van der Waals surface area contributed by atoms with Crippen molar-refractivity contribution in [2.75, 3.05) is 10.0 Å². The van der Waals surface area contributed by atoms with E-state index < -0.39 is 0 Å². The Balaban J connectivity index is 1.34. The van der Waals surface area contributed by atoms with Gasteiger partial charge in [0.25, 0.3) is 0 Å². The highest BCUT2D eigenvalue weighted by atomic mass is 35.5. The summed E-state index contributed by atoms with van der Waals surface area (Å²) in [6.07, 6.45) is 13.5. The standard InChI is InChI=1S/C24H24ClFN4S/c25-20-8-4-5-9-23(20)31-30-22-13-12-17(14-21(22)26)10-11-18-15-27-24(28-16-18)29-19-6-2-1-3-7-19/h4-5,8-16,19,30H,1-3,6-7H2,(H,27,28,29)/b11-10+. The number of hydrogen-bond donors (Lipinski definition) is 2. The van der Waals surface area contributed by atoms with Gasteiger partial charge in [0.15, 0.2) is 0 Å². The SMILES string of the molecule is Fc1cc(/C=C/c2cnc(NC3CCCCC3)nc2)ccc1NSc1ccccc1Cl. The van der Waals surface area contributed by atoms with E-state index in [2.05, 4.69) is 20.0 Å². The van der Waals surface area contributed by atoms with Gasteiger partial charge in [-0.2, -0.15) is 0 Å². The van der Waals surface area contributed by atoms with Crippen molar-refractivity contribution >= 4 is 47.3 Å². The summed E-state index contributed by atoms with van der Waals surface area (Å²) in [6, 6.07) is 13.0. The maximum absolute atomic E-state index is 14.5. The highest BCUT2D eigenvalue weighted by Crippen LogP contribution is 2.29. The predicted molar refractivity (Wildman–Crippen MR) is 129 cm³/mol. The summed E-state index contributed by atoms with van der Waals surface area (Å²) < 4.78 is 17.5. The first kappa shape index (κ1) is 21.7. The lowest BCUT2D eigenvalue weighted by Gasteiger charge is -2.22. The fraction of sp³-hybridized carbons (Fsp3) is 0.250. The molecule has 7 heteroatoms. The Kier molecular flexibility index (Phi) is 7.43. The molecule has 2 aromatic carbocycles. The third-order valence-electron chi connectivity index (χ3n) is 5.18. The highest BCUT2D eigenvalue weighted by Gasteiger charge is 2.13. The number of hydrogen-bond acceptors (Lipinski definition) is 5. The summed E-state index contributed by atoms with van der Waals surface area (Å²) in [7, 11) is 0. The molecule has 1 aliphatic rings. The van der Waals surface area contributed by atoms with Crippen molar-refractivity contribution in [1.29, 1.82) is 0 Å². The minimum atomic E-state index is -0.329. The molecule has 4 nitrogen and oxygen atoms in total. The molecule has 4 rings (SSSR count). The molecule has 0 amide bonds. The Morgan fingerprint density at radius 3 is 2.45 bits per heavy atom. The lowest BCUT2D eigenvalue weighted by atomic mass is 9.96. The molecule has 31 heavy (non-hydrogen) atoms. The van der Waals surface area contributed by atoms with Gasteiger partial charge in [0.2, 0.25) is 5.95 Å². The predicted octanol–water partition coefficient (Wildman–Crippen LogP) is 7.30. The molecule has 1 heterocycles. The molecule has 0 unspecified atom stereocenters. The van der Waals surface area contributed by atoms with Crippen LogP contribution in [-0.2, 0) is 0 Å². The van der Waals surface area contributed by atoms with E-state index in [1.807, 2.05) is 36.4 Å². The zero-order chi connectivity index (χ0) is 21.5. The Bertz CT molecular complexity index is 1040. The maximum atomic E-state index is 14.5. The smallest absolute Gasteiger partial charge is 0.222 e. The number of rotatable bonds is 7. The zero-order valence-corrected chi connectivity index (χ0v) is 18.6. The van der Waals surface area contributed by atoms with E-state index in [0.29, 0.717) is 22.7 Å². The minimum absolute atomic E-state index is 0.329. The first-order valence-electron chi connectivity index (χ1n) is 10.4. The van der Waals surface area contributed by atoms with Crippen LogP contribution in [0.15, 0.2) is 59.8 Å². The summed E-state index contributed by atoms with van der Waals surface area (Å²) in [4.78, 5) is 9.65. The number of halogens is 2. The van der Waals surface area contributed by atoms with E-state index in [0.717, 1.165) is 16.0 Å². The Labute approximate surface area is 191 Å². The van der Waals surface area contributed by atoms with Gasteiger partial charge in [-0.15, -0.1) is 0 Å². The van der Waals surface area contributed by atoms with Crippen molar-refractivity contribution < 1.29 is 4.39 Å². The quantitative estimate of drug-likeness (QED) is 0.366. The molecule has 0 radical (unpaired) electrons. The number of nitrogens with one attached hydrogen (secondary N) is 2. The van der Waals surface area contributed by atoms with E-state index in [4.69, 9.17) is 11.6 Å². The first-order chi connectivity index (χ1) is 15.2. The summed E-state index contributed by atoms with van der Waals surface area (Å²) in [6.45, 7) is 0. The Morgan fingerprint density at radius 2 is 1.71 bits per heavy atom. The molecule has 0 aliphatic heterocycles. The van der Waals surface area contributed by atoms with E-state index in [1.54, 1.807) is 24.5 Å². The van der Waals surface area contributed by atoms with Gasteiger partial charge >= 0.3 is 0 Å². The van der Waals surface area contributed by atoms with Gasteiger partial charge < -0.3 is 10.0 Å². The second kappa shape index (κ2) is 10.6. The van der Waals surface area contributed by atoms with Crippen LogP contribution in [0.4, 0.5) is 16.0 Å². The van der Waals surface area contributed by atoms with Crippen molar-refractivity contribution in [3.05, 3.63) is 76.8 Å². The van der Waals surface area contributed by atoms with Crippen molar-refractivity contribution in [2.24, 2.45) is 0 Å². The number of anilines is 2. The number of benzene rings is 2. The van der Waals surface area contributed by atoms with E-state index >= 15 is 0 Å². The lowest BCUT2D eigenvalue weighted by molar-refractivity contribution is 0.461. The van der Waals surface area contributed by atoms with E-state index in [1.165, 1.54) is 50.1 Å². The van der Waals surface area contributed by atoms with Gasteiger partial charge in [-0.25, -0.2) is 14.4 Å². The van der Waals surface area contributed by atoms with Crippen molar-refractivity contribution in [1.82, 2.24) is 9.97 Å². The molecular formula is C24H24ClFN4S. The van der Waals surface area contributed by atoms with Crippen LogP contribution >= 0.6 is 23.5 Å². The van der Waals surface area contributed by atoms with Gasteiger partial charge in [-0.3, -0.25) is 0 Å². The molecule has 3 aromatic rings. The summed E-state index contributed by atoms with van der Waals surface area (Å²) in [5, 5.41) is 4.04. The molecular weight excluding hydrogens is 431 g/mol. The monoisotopic (exact) mass is 454 g/mol. The fourth-order valence-electron chi connectivity index (χ4n) is 3.48. The molecule has 1 saturated carbocycles. The highest BCUT2D eigenvalue weighted by molar-refractivity contribution is 8.00. The molecule has 0 saturated heterocycles. The van der Waals surface area contributed by atoms with Gasteiger partial charge in [0.1, 0.15) is 5.82 Å². The first-order valence-corrected chi connectivity index (χ1v) is 11.6. The van der Waals surface area contributed by atoms with Crippen LogP contribution in [0.3, 0.4) is 0 Å². The largest absolute Gasteiger partial charge is 0.351 e. The van der Waals surface area contributed by atoms with Crippen LogP contribution in [0.2, 0.25) is 5.02 Å². The van der Waals surface area contributed by atoms with Gasteiger partial charge in [0, 0.05) is 28.9 Å². The van der Waals surface area contributed by atoms with Crippen molar-refractivity contribution in [3.8, 4) is 0 Å². The molecule has 2 N–H and O–H groups in total. The third kappa shape index (κ3) is 6.21. The number of aromatic nitrogens is 2. The second-order valence-corrected chi connectivity index (χ2v) is 8.78.